The fraction of sp³-hybridized carbons (Fsp3) is 0. The first-order valence-electron chi connectivity index (χ1n) is 8.23. The molecule has 0 saturated carbocycles. The van der Waals surface area contributed by atoms with Gasteiger partial charge < -0.3 is 20.4 Å². The van der Waals surface area contributed by atoms with Crippen LogP contribution in [-0.2, 0) is 17.1 Å². The number of fused-ring (bicyclic) bond motifs is 2. The maximum Gasteiger partial charge on any atom is 2.00 e. The Morgan fingerprint density at radius 1 is 0.586 bits per heavy atom. The van der Waals surface area contributed by atoms with Gasteiger partial charge in [-0.05, 0) is 33.7 Å². The fourth-order valence-electron chi connectivity index (χ4n) is 2.77. The van der Waals surface area contributed by atoms with Crippen LogP contribution in [0.2, 0.25) is 0 Å². The van der Waals surface area contributed by atoms with Gasteiger partial charge in [0.05, 0.1) is 11.1 Å². The summed E-state index contributed by atoms with van der Waals surface area (Å²) in [6, 6.07) is 19.8. The topological polar surface area (TPSA) is 121 Å². The number of hydrogen-bond donors (Lipinski definition) is 2. The Bertz CT molecular complexity index is 1110. The molecule has 6 nitrogen and oxygen atoms in total. The Morgan fingerprint density at radius 3 is 1.14 bits per heavy atom. The number of rotatable bonds is 2. The molecule has 0 fully saturated rings. The molecule has 7 heteroatoms. The molecule has 29 heavy (non-hydrogen) atoms. The van der Waals surface area contributed by atoms with Crippen LogP contribution in [0.25, 0.3) is 21.5 Å². The van der Waals surface area contributed by atoms with Crippen molar-refractivity contribution in [2.24, 2.45) is 0 Å². The Balaban J connectivity index is 0.000000200. The van der Waals surface area contributed by atoms with Crippen molar-refractivity contribution in [1.29, 1.82) is 0 Å². The van der Waals surface area contributed by atoms with Gasteiger partial charge in [0.1, 0.15) is 0 Å². The van der Waals surface area contributed by atoms with E-state index in [4.69, 9.17) is 10.2 Å². The second-order valence-electron chi connectivity index (χ2n) is 6.00. The Kier molecular flexibility index (Phi) is 6.83. The number of carbonyl (C=O) groups is 2. The largest absolute Gasteiger partial charge is 2.00 e. The van der Waals surface area contributed by atoms with Gasteiger partial charge in [0.15, 0.2) is 0 Å². The van der Waals surface area contributed by atoms with Crippen LogP contribution in [0.1, 0.15) is 20.7 Å². The summed E-state index contributed by atoms with van der Waals surface area (Å²) in [6.07, 6.45) is 0. The molecule has 4 rings (SSSR count). The van der Waals surface area contributed by atoms with Gasteiger partial charge in [-0.1, -0.05) is 72.2 Å². The summed E-state index contributed by atoms with van der Waals surface area (Å²) in [5.74, 6) is -3.26. The number of benzene rings is 4. The van der Waals surface area contributed by atoms with Gasteiger partial charge in [-0.15, -0.1) is 0 Å². The summed E-state index contributed by atoms with van der Waals surface area (Å²) in [7, 11) is 0. The van der Waals surface area contributed by atoms with E-state index < -0.39 is 23.4 Å². The Hall–Kier alpha value is -3.54. The minimum Gasteiger partial charge on any atom is -0.872 e. The molecule has 0 aliphatic carbocycles. The van der Waals surface area contributed by atoms with Crippen molar-refractivity contribution in [2.75, 3.05) is 0 Å². The van der Waals surface area contributed by atoms with Crippen molar-refractivity contribution in [3.63, 3.8) is 0 Å². The standard InChI is InChI=1S/2C11H8O3.Fe/c2*12-10-6-8-4-2-1-3-7(8)5-9(10)11(13)14;/h2*1-6,12H,(H,13,14);/q;;+2/p-2. The quantitative estimate of drug-likeness (QED) is 0.471. The average molecular weight is 430 g/mol. The van der Waals surface area contributed by atoms with Crippen molar-refractivity contribution in [3.8, 4) is 11.5 Å². The second kappa shape index (κ2) is 9.10. The molecule has 146 valence electrons. The smallest absolute Gasteiger partial charge is 0.872 e. The van der Waals surface area contributed by atoms with E-state index in [1.54, 1.807) is 36.4 Å². The Morgan fingerprint density at radius 2 is 0.862 bits per heavy atom. The van der Waals surface area contributed by atoms with Crippen LogP contribution in [0.4, 0.5) is 0 Å². The average Bonchev–Trinajstić information content (AvgIpc) is 2.67. The van der Waals surface area contributed by atoms with E-state index in [2.05, 4.69) is 0 Å². The van der Waals surface area contributed by atoms with Gasteiger partial charge in [0.25, 0.3) is 0 Å². The molecular formula is C22H14FeO6. The van der Waals surface area contributed by atoms with Crippen LogP contribution < -0.4 is 10.2 Å². The maximum atomic E-state index is 11.3. The third kappa shape index (κ3) is 4.85. The molecule has 0 atom stereocenters. The zero-order chi connectivity index (χ0) is 20.3. The van der Waals surface area contributed by atoms with E-state index in [9.17, 15) is 19.8 Å². The normalized spacial score (nSPS) is 9.93. The van der Waals surface area contributed by atoms with E-state index >= 15 is 0 Å². The number of aromatic carboxylic acids is 2. The van der Waals surface area contributed by atoms with Crippen LogP contribution in [0.3, 0.4) is 0 Å². The van der Waals surface area contributed by atoms with Gasteiger partial charge in [0, 0.05) is 0 Å². The van der Waals surface area contributed by atoms with E-state index in [0.717, 1.165) is 21.5 Å². The van der Waals surface area contributed by atoms with E-state index in [1.807, 2.05) is 12.1 Å². The second-order valence-corrected chi connectivity index (χ2v) is 6.00. The predicted molar refractivity (Wildman–Crippen MR) is 101 cm³/mol. The molecule has 2 N–H and O–H groups in total. The van der Waals surface area contributed by atoms with Crippen molar-refractivity contribution in [3.05, 3.63) is 83.9 Å². The van der Waals surface area contributed by atoms with E-state index in [-0.39, 0.29) is 28.2 Å². The van der Waals surface area contributed by atoms with E-state index in [0.29, 0.717) is 0 Å². The van der Waals surface area contributed by atoms with Gasteiger partial charge in [0.2, 0.25) is 0 Å². The first-order valence-corrected chi connectivity index (χ1v) is 8.23. The molecule has 0 bridgehead atoms. The molecule has 0 aromatic heterocycles. The summed E-state index contributed by atoms with van der Waals surface area (Å²) in [5.41, 5.74) is -0.354. The van der Waals surface area contributed by atoms with Crippen molar-refractivity contribution >= 4 is 33.5 Å². The van der Waals surface area contributed by atoms with Crippen LogP contribution in [-0.4, -0.2) is 22.2 Å². The van der Waals surface area contributed by atoms with Crippen molar-refractivity contribution in [2.45, 2.75) is 0 Å². The summed E-state index contributed by atoms with van der Waals surface area (Å²) in [5, 5.41) is 43.1. The number of carboxylic acid groups (broad SMARTS) is 2. The van der Waals surface area contributed by atoms with Crippen molar-refractivity contribution < 1.29 is 47.1 Å². The van der Waals surface area contributed by atoms with Crippen LogP contribution in [0, 0.1) is 0 Å². The zero-order valence-corrected chi connectivity index (χ0v) is 15.9. The van der Waals surface area contributed by atoms with Crippen molar-refractivity contribution in [1.82, 2.24) is 0 Å². The third-order valence-corrected chi connectivity index (χ3v) is 4.16. The first kappa shape index (κ1) is 21.8. The van der Waals surface area contributed by atoms with Gasteiger partial charge in [-0.25, -0.2) is 9.59 Å². The molecule has 0 aliphatic rings. The zero-order valence-electron chi connectivity index (χ0n) is 14.8. The summed E-state index contributed by atoms with van der Waals surface area (Å²) >= 11 is 0. The monoisotopic (exact) mass is 430 g/mol. The van der Waals surface area contributed by atoms with Gasteiger partial charge >= 0.3 is 29.0 Å². The minimum atomic E-state index is -1.18. The molecule has 4 aromatic rings. The minimum absolute atomic E-state index is 0. The first-order chi connectivity index (χ1) is 13.4. The van der Waals surface area contributed by atoms with Gasteiger partial charge in [-0.3, -0.25) is 0 Å². The SMILES string of the molecule is O=C(O)c1cc2ccccc2cc1[O-].O=C(O)c1cc2ccccc2cc1[O-].[Fe+2]. The van der Waals surface area contributed by atoms with Gasteiger partial charge in [-0.2, -0.15) is 0 Å². The Labute approximate surface area is 176 Å². The molecule has 4 aromatic carbocycles. The summed E-state index contributed by atoms with van der Waals surface area (Å²) < 4.78 is 0. The molecule has 0 radical (unpaired) electrons. The molecular weight excluding hydrogens is 416 g/mol. The molecule has 0 amide bonds. The van der Waals surface area contributed by atoms with E-state index in [1.165, 1.54) is 24.3 Å². The molecule has 0 heterocycles. The molecule has 0 unspecified atom stereocenters. The summed E-state index contributed by atoms with van der Waals surface area (Å²) in [6.45, 7) is 0. The molecule has 0 spiro atoms. The predicted octanol–water partition coefficient (Wildman–Crippen LogP) is 3.22. The maximum absolute atomic E-state index is 11.3. The summed E-state index contributed by atoms with van der Waals surface area (Å²) in [4.78, 5) is 21.3. The van der Waals surface area contributed by atoms with Crippen LogP contribution in [0.5, 0.6) is 11.5 Å². The van der Waals surface area contributed by atoms with Crippen LogP contribution in [0.15, 0.2) is 72.8 Å². The number of carboxylic acids is 2. The molecule has 0 saturated heterocycles. The molecule has 0 aliphatic heterocycles. The third-order valence-electron chi connectivity index (χ3n) is 4.16. The number of hydrogen-bond acceptors (Lipinski definition) is 4. The van der Waals surface area contributed by atoms with Crippen LogP contribution >= 0.6 is 0 Å². The fourth-order valence-corrected chi connectivity index (χ4v) is 2.77.